The summed E-state index contributed by atoms with van der Waals surface area (Å²) in [6, 6.07) is 21.1. The van der Waals surface area contributed by atoms with Gasteiger partial charge in [0.15, 0.2) is 0 Å². The van der Waals surface area contributed by atoms with E-state index in [0.29, 0.717) is 0 Å². The lowest BCUT2D eigenvalue weighted by molar-refractivity contribution is 0.453. The van der Waals surface area contributed by atoms with E-state index in [1.54, 1.807) is 0 Å². The molecule has 0 aliphatic carbocycles. The Morgan fingerprint density at radius 3 is 1.95 bits per heavy atom. The Labute approximate surface area is 135 Å². The Bertz CT molecular complexity index is 732. The zero-order valence-corrected chi connectivity index (χ0v) is 13.5. The lowest BCUT2D eigenvalue weighted by Crippen LogP contribution is -2.10. The average molecular weight is 390 g/mol. The van der Waals surface area contributed by atoms with E-state index >= 15 is 0 Å². The summed E-state index contributed by atoms with van der Waals surface area (Å²) >= 11 is 4.24. The lowest BCUT2D eigenvalue weighted by Gasteiger charge is -2.27. The number of benzene rings is 2. The lowest BCUT2D eigenvalue weighted by atomic mass is 9.87. The molecule has 4 rings (SSSR count). The molecular formula is C17H11IOS. The summed E-state index contributed by atoms with van der Waals surface area (Å²) in [6.45, 7) is 0. The Morgan fingerprint density at radius 1 is 0.800 bits per heavy atom. The van der Waals surface area contributed by atoms with Crippen LogP contribution in [0.1, 0.15) is 21.9 Å². The van der Waals surface area contributed by atoms with E-state index < -0.39 is 0 Å². The molecule has 0 saturated heterocycles. The smallest absolute Gasteiger partial charge is 0.131 e. The number of thiophene rings is 1. The molecule has 3 aromatic rings. The second-order valence-electron chi connectivity index (χ2n) is 4.75. The minimum atomic E-state index is 0.282. The van der Waals surface area contributed by atoms with Crippen molar-refractivity contribution in [3.63, 3.8) is 0 Å². The molecule has 0 bridgehead atoms. The maximum Gasteiger partial charge on any atom is 0.131 e. The summed E-state index contributed by atoms with van der Waals surface area (Å²) in [7, 11) is 0. The molecule has 0 amide bonds. The van der Waals surface area contributed by atoms with Gasteiger partial charge in [0.05, 0.1) is 8.80 Å². The molecule has 1 aliphatic rings. The van der Waals surface area contributed by atoms with Gasteiger partial charge < -0.3 is 4.74 Å². The van der Waals surface area contributed by atoms with Gasteiger partial charge in [-0.25, -0.2) is 0 Å². The van der Waals surface area contributed by atoms with Crippen molar-refractivity contribution in [3.05, 3.63) is 79.6 Å². The van der Waals surface area contributed by atoms with Crippen molar-refractivity contribution < 1.29 is 4.74 Å². The first-order chi connectivity index (χ1) is 9.83. The summed E-state index contributed by atoms with van der Waals surface area (Å²) in [6.07, 6.45) is 0. The minimum Gasteiger partial charge on any atom is -0.457 e. The molecule has 0 saturated carbocycles. The monoisotopic (exact) mass is 390 g/mol. The van der Waals surface area contributed by atoms with Crippen LogP contribution in [-0.2, 0) is 0 Å². The molecule has 0 N–H and O–H groups in total. The zero-order valence-electron chi connectivity index (χ0n) is 10.5. The SMILES string of the molecule is Ic1ccc(C2c3ccccc3Oc3ccccc32)s1. The maximum absolute atomic E-state index is 6.04. The summed E-state index contributed by atoms with van der Waals surface area (Å²) < 4.78 is 7.36. The normalized spacial score (nSPS) is 13.4. The fourth-order valence-corrected chi connectivity index (χ4v) is 4.51. The van der Waals surface area contributed by atoms with Gasteiger partial charge in [0, 0.05) is 16.0 Å². The molecule has 0 radical (unpaired) electrons. The Kier molecular flexibility index (Phi) is 3.04. The standard InChI is InChI=1S/C17H11IOS/c18-16-10-9-15(20-16)17-11-5-1-3-7-13(11)19-14-8-4-2-6-12(14)17/h1-10,17H. The first-order valence-corrected chi connectivity index (χ1v) is 8.33. The van der Waals surface area contributed by atoms with Gasteiger partial charge in [-0.2, -0.15) is 0 Å². The van der Waals surface area contributed by atoms with Crippen LogP contribution in [0.3, 0.4) is 0 Å². The van der Waals surface area contributed by atoms with Gasteiger partial charge in [0.1, 0.15) is 11.5 Å². The third-order valence-electron chi connectivity index (χ3n) is 3.56. The van der Waals surface area contributed by atoms with Crippen LogP contribution in [0, 0.1) is 2.88 Å². The van der Waals surface area contributed by atoms with Crippen molar-refractivity contribution in [3.8, 4) is 11.5 Å². The van der Waals surface area contributed by atoms with E-state index in [1.807, 2.05) is 23.5 Å². The van der Waals surface area contributed by atoms with Crippen LogP contribution in [0.4, 0.5) is 0 Å². The van der Waals surface area contributed by atoms with Gasteiger partial charge in [0.2, 0.25) is 0 Å². The van der Waals surface area contributed by atoms with Crippen molar-refractivity contribution in [1.82, 2.24) is 0 Å². The number of rotatable bonds is 1. The number of fused-ring (bicyclic) bond motifs is 2. The molecule has 98 valence electrons. The van der Waals surface area contributed by atoms with E-state index in [2.05, 4.69) is 71.1 Å². The average Bonchev–Trinajstić information content (AvgIpc) is 2.91. The highest BCUT2D eigenvalue weighted by Crippen LogP contribution is 2.48. The molecule has 2 heterocycles. The van der Waals surface area contributed by atoms with Crippen molar-refractivity contribution >= 4 is 33.9 Å². The Balaban J connectivity index is 1.97. The summed E-state index contributed by atoms with van der Waals surface area (Å²) in [5.41, 5.74) is 2.51. The third kappa shape index (κ3) is 1.96. The molecule has 2 aromatic carbocycles. The van der Waals surface area contributed by atoms with Gasteiger partial charge in [-0.05, 0) is 46.9 Å². The number of ether oxygens (including phenoxy) is 1. The Morgan fingerprint density at radius 2 is 1.40 bits per heavy atom. The van der Waals surface area contributed by atoms with Crippen molar-refractivity contribution in [2.24, 2.45) is 0 Å². The summed E-state index contributed by atoms with van der Waals surface area (Å²) in [4.78, 5) is 1.37. The van der Waals surface area contributed by atoms with Gasteiger partial charge in [-0.1, -0.05) is 36.4 Å². The topological polar surface area (TPSA) is 9.23 Å². The number of hydrogen-bond acceptors (Lipinski definition) is 2. The molecule has 0 unspecified atom stereocenters. The fraction of sp³-hybridized carbons (Fsp3) is 0.0588. The summed E-state index contributed by atoms with van der Waals surface area (Å²) in [5, 5.41) is 0. The maximum atomic E-state index is 6.04. The number of para-hydroxylation sites is 2. The number of halogens is 1. The van der Waals surface area contributed by atoms with Crippen molar-refractivity contribution in [2.75, 3.05) is 0 Å². The molecule has 0 spiro atoms. The first-order valence-electron chi connectivity index (χ1n) is 6.44. The second-order valence-corrected chi connectivity index (χ2v) is 7.76. The minimum absolute atomic E-state index is 0.282. The second kappa shape index (κ2) is 4.90. The highest BCUT2D eigenvalue weighted by atomic mass is 127. The Hall–Kier alpha value is -1.33. The van der Waals surface area contributed by atoms with E-state index in [0.717, 1.165) is 11.5 Å². The van der Waals surface area contributed by atoms with Gasteiger partial charge in [0.25, 0.3) is 0 Å². The highest BCUT2D eigenvalue weighted by molar-refractivity contribution is 14.1. The van der Waals surface area contributed by atoms with E-state index in [9.17, 15) is 0 Å². The van der Waals surface area contributed by atoms with E-state index in [1.165, 1.54) is 18.9 Å². The first kappa shape index (κ1) is 12.4. The van der Waals surface area contributed by atoms with Gasteiger partial charge in [-0.3, -0.25) is 0 Å². The van der Waals surface area contributed by atoms with Crippen LogP contribution in [0.15, 0.2) is 60.7 Å². The molecule has 1 aliphatic heterocycles. The van der Waals surface area contributed by atoms with Crippen LogP contribution < -0.4 is 4.74 Å². The van der Waals surface area contributed by atoms with Gasteiger partial charge in [-0.15, -0.1) is 11.3 Å². The zero-order chi connectivity index (χ0) is 13.5. The molecule has 0 atom stereocenters. The quantitative estimate of drug-likeness (QED) is 0.383. The predicted octanol–water partition coefficient (Wildman–Crippen LogP) is 5.64. The largest absolute Gasteiger partial charge is 0.457 e. The van der Waals surface area contributed by atoms with E-state index in [-0.39, 0.29) is 5.92 Å². The predicted molar refractivity (Wildman–Crippen MR) is 90.9 cm³/mol. The third-order valence-corrected chi connectivity index (χ3v) is 5.52. The highest BCUT2D eigenvalue weighted by Gasteiger charge is 2.28. The van der Waals surface area contributed by atoms with Gasteiger partial charge >= 0.3 is 0 Å². The molecule has 1 aromatic heterocycles. The van der Waals surface area contributed by atoms with Crippen LogP contribution in [0.5, 0.6) is 11.5 Å². The van der Waals surface area contributed by atoms with Crippen LogP contribution >= 0.6 is 33.9 Å². The molecule has 3 heteroatoms. The van der Waals surface area contributed by atoms with Crippen LogP contribution in [0.2, 0.25) is 0 Å². The fourth-order valence-electron chi connectivity index (χ4n) is 2.70. The van der Waals surface area contributed by atoms with Crippen LogP contribution in [0.25, 0.3) is 0 Å². The molecule has 1 nitrogen and oxygen atoms in total. The van der Waals surface area contributed by atoms with E-state index in [4.69, 9.17) is 4.74 Å². The van der Waals surface area contributed by atoms with Crippen molar-refractivity contribution in [1.29, 1.82) is 0 Å². The molecule has 0 fully saturated rings. The van der Waals surface area contributed by atoms with Crippen LogP contribution in [-0.4, -0.2) is 0 Å². The molecule has 20 heavy (non-hydrogen) atoms. The molecular weight excluding hydrogens is 379 g/mol. The summed E-state index contributed by atoms with van der Waals surface area (Å²) in [5.74, 6) is 2.23. The number of hydrogen-bond donors (Lipinski definition) is 0. The van der Waals surface area contributed by atoms with Crippen molar-refractivity contribution in [2.45, 2.75) is 5.92 Å².